The van der Waals surface area contributed by atoms with E-state index in [1.54, 1.807) is 12.3 Å². The zero-order valence-electron chi connectivity index (χ0n) is 11.8. The monoisotopic (exact) mass is 272 g/mol. The molecule has 0 atom stereocenters. The molecule has 20 heavy (non-hydrogen) atoms. The van der Waals surface area contributed by atoms with Crippen LogP contribution in [0, 0.1) is 6.92 Å². The fraction of sp³-hybridized carbons (Fsp3) is 0.357. The van der Waals surface area contributed by atoms with Gasteiger partial charge in [-0.15, -0.1) is 0 Å². The maximum atomic E-state index is 5.44. The molecule has 0 aliphatic heterocycles. The molecular formula is C14H20N6. The molecule has 0 unspecified atom stereocenters. The number of nitrogens with zero attached hydrogens (tertiary/aromatic N) is 3. The molecule has 2 aromatic rings. The number of hydrazine groups is 1. The second-order valence-corrected chi connectivity index (χ2v) is 4.60. The summed E-state index contributed by atoms with van der Waals surface area (Å²) in [7, 11) is 0. The van der Waals surface area contributed by atoms with Gasteiger partial charge in [0.2, 0.25) is 0 Å². The molecule has 0 bridgehead atoms. The van der Waals surface area contributed by atoms with Crippen molar-refractivity contribution in [1.29, 1.82) is 0 Å². The Labute approximate surface area is 118 Å². The highest BCUT2D eigenvalue weighted by molar-refractivity contribution is 5.47. The third-order valence-electron chi connectivity index (χ3n) is 2.99. The number of hydrogen-bond acceptors (Lipinski definition) is 6. The average Bonchev–Trinajstić information content (AvgIpc) is 2.46. The van der Waals surface area contributed by atoms with Gasteiger partial charge in [0.25, 0.3) is 0 Å². The van der Waals surface area contributed by atoms with Gasteiger partial charge in [0.05, 0.1) is 0 Å². The van der Waals surface area contributed by atoms with Crippen LogP contribution in [0.4, 0.5) is 11.6 Å². The number of hydrogen-bond donors (Lipinski definition) is 3. The number of nitrogens with one attached hydrogen (secondary N) is 2. The maximum Gasteiger partial charge on any atom is 0.145 e. The highest BCUT2D eigenvalue weighted by atomic mass is 15.3. The van der Waals surface area contributed by atoms with Crippen LogP contribution < -0.4 is 16.6 Å². The van der Waals surface area contributed by atoms with Gasteiger partial charge in [0, 0.05) is 31.4 Å². The van der Waals surface area contributed by atoms with E-state index in [0.717, 1.165) is 30.0 Å². The molecule has 2 rings (SSSR count). The van der Waals surface area contributed by atoms with Gasteiger partial charge in [-0.2, -0.15) is 0 Å². The smallest absolute Gasteiger partial charge is 0.145 e. The first-order valence-electron chi connectivity index (χ1n) is 6.71. The second kappa shape index (κ2) is 6.81. The van der Waals surface area contributed by atoms with E-state index < -0.39 is 0 Å². The molecule has 2 heterocycles. The van der Waals surface area contributed by atoms with Gasteiger partial charge in [-0.25, -0.2) is 15.8 Å². The molecule has 0 aliphatic carbocycles. The van der Waals surface area contributed by atoms with Crippen LogP contribution in [0.1, 0.15) is 30.3 Å². The summed E-state index contributed by atoms with van der Waals surface area (Å²) in [5, 5.41) is 3.30. The van der Waals surface area contributed by atoms with Crippen LogP contribution in [-0.4, -0.2) is 15.0 Å². The van der Waals surface area contributed by atoms with Crippen molar-refractivity contribution in [3.8, 4) is 0 Å². The normalized spacial score (nSPS) is 10.3. The minimum absolute atomic E-state index is 0.623. The Kier molecular flexibility index (Phi) is 4.84. The highest BCUT2D eigenvalue weighted by Crippen LogP contribution is 2.14. The van der Waals surface area contributed by atoms with Gasteiger partial charge in [-0.1, -0.05) is 6.92 Å². The molecule has 0 fully saturated rings. The van der Waals surface area contributed by atoms with E-state index >= 15 is 0 Å². The molecule has 0 radical (unpaired) electrons. The minimum Gasteiger partial charge on any atom is -0.366 e. The summed E-state index contributed by atoms with van der Waals surface area (Å²) in [5.41, 5.74) is 4.92. The lowest BCUT2D eigenvalue weighted by atomic mass is 10.1. The molecule has 0 amide bonds. The molecule has 0 aliphatic rings. The fourth-order valence-corrected chi connectivity index (χ4v) is 1.88. The Hall–Kier alpha value is -2.21. The van der Waals surface area contributed by atoms with Crippen LogP contribution in [0.5, 0.6) is 0 Å². The third-order valence-corrected chi connectivity index (χ3v) is 2.99. The molecule has 0 saturated carbocycles. The van der Waals surface area contributed by atoms with Crippen molar-refractivity contribution in [2.75, 3.05) is 10.7 Å². The largest absolute Gasteiger partial charge is 0.366 e. The second-order valence-electron chi connectivity index (χ2n) is 4.60. The molecule has 106 valence electrons. The maximum absolute atomic E-state index is 5.44. The quantitative estimate of drug-likeness (QED) is 0.551. The minimum atomic E-state index is 0.623. The van der Waals surface area contributed by atoms with Gasteiger partial charge in [0.15, 0.2) is 0 Å². The van der Waals surface area contributed by atoms with Crippen LogP contribution in [0.2, 0.25) is 0 Å². The Morgan fingerprint density at radius 1 is 1.25 bits per heavy atom. The number of aryl methyl sites for hydroxylation is 2. The molecular weight excluding hydrogens is 252 g/mol. The Balaban J connectivity index is 2.12. The van der Waals surface area contributed by atoms with Gasteiger partial charge >= 0.3 is 0 Å². The zero-order valence-corrected chi connectivity index (χ0v) is 11.8. The molecule has 0 saturated heterocycles. The van der Waals surface area contributed by atoms with Gasteiger partial charge in [-0.05, 0) is 30.5 Å². The van der Waals surface area contributed by atoms with Crippen molar-refractivity contribution in [2.45, 2.75) is 33.2 Å². The van der Waals surface area contributed by atoms with Gasteiger partial charge < -0.3 is 10.7 Å². The molecule has 0 aromatic carbocycles. The summed E-state index contributed by atoms with van der Waals surface area (Å²) < 4.78 is 0. The topological polar surface area (TPSA) is 88.8 Å². The Morgan fingerprint density at radius 3 is 2.75 bits per heavy atom. The molecule has 6 nitrogen and oxygen atoms in total. The summed E-state index contributed by atoms with van der Waals surface area (Å²) in [5.74, 6) is 7.62. The van der Waals surface area contributed by atoms with Crippen LogP contribution in [0.15, 0.2) is 24.5 Å². The lowest BCUT2D eigenvalue weighted by Crippen LogP contribution is -2.12. The average molecular weight is 272 g/mol. The van der Waals surface area contributed by atoms with E-state index in [9.17, 15) is 0 Å². The predicted molar refractivity (Wildman–Crippen MR) is 80.1 cm³/mol. The van der Waals surface area contributed by atoms with Crippen LogP contribution in [0.25, 0.3) is 0 Å². The van der Waals surface area contributed by atoms with Gasteiger partial charge in [-0.3, -0.25) is 4.98 Å². The number of rotatable bonds is 6. The number of nitrogens with two attached hydrogens (primary N) is 1. The Bertz CT molecular complexity index is 569. The summed E-state index contributed by atoms with van der Waals surface area (Å²) in [6, 6.07) is 3.80. The molecule has 0 spiro atoms. The lowest BCUT2D eigenvalue weighted by Gasteiger charge is -2.10. The van der Waals surface area contributed by atoms with Crippen molar-refractivity contribution in [1.82, 2.24) is 15.0 Å². The lowest BCUT2D eigenvalue weighted by molar-refractivity contribution is 0.834. The first-order valence-corrected chi connectivity index (χ1v) is 6.71. The first kappa shape index (κ1) is 14.2. The van der Waals surface area contributed by atoms with Gasteiger partial charge in [0.1, 0.15) is 17.5 Å². The van der Waals surface area contributed by atoms with E-state index in [0.29, 0.717) is 12.4 Å². The van der Waals surface area contributed by atoms with Crippen molar-refractivity contribution in [3.63, 3.8) is 0 Å². The summed E-state index contributed by atoms with van der Waals surface area (Å²) in [6.45, 7) is 4.83. The van der Waals surface area contributed by atoms with Crippen molar-refractivity contribution >= 4 is 11.6 Å². The number of anilines is 2. The predicted octanol–water partition coefficient (Wildman–Crippen LogP) is 2.03. The number of nitrogen functional groups attached to an aromatic ring is 1. The SMILES string of the molecule is CCCc1nc(NN)cc(NCc2ccncc2C)n1. The summed E-state index contributed by atoms with van der Waals surface area (Å²) in [6.07, 6.45) is 5.47. The van der Waals surface area contributed by atoms with Crippen LogP contribution >= 0.6 is 0 Å². The van der Waals surface area contributed by atoms with E-state index in [-0.39, 0.29) is 0 Å². The third kappa shape index (κ3) is 3.64. The Morgan fingerprint density at radius 2 is 2.05 bits per heavy atom. The van der Waals surface area contributed by atoms with E-state index in [2.05, 4.69) is 32.6 Å². The summed E-state index contributed by atoms with van der Waals surface area (Å²) >= 11 is 0. The highest BCUT2D eigenvalue weighted by Gasteiger charge is 2.04. The molecule has 2 aromatic heterocycles. The molecule has 4 N–H and O–H groups in total. The van der Waals surface area contributed by atoms with Crippen LogP contribution in [-0.2, 0) is 13.0 Å². The molecule has 6 heteroatoms. The van der Waals surface area contributed by atoms with Crippen molar-refractivity contribution in [3.05, 3.63) is 41.5 Å². The van der Waals surface area contributed by atoms with E-state index in [4.69, 9.17) is 5.84 Å². The van der Waals surface area contributed by atoms with Crippen LogP contribution in [0.3, 0.4) is 0 Å². The summed E-state index contributed by atoms with van der Waals surface area (Å²) in [4.78, 5) is 12.9. The van der Waals surface area contributed by atoms with Crippen molar-refractivity contribution < 1.29 is 0 Å². The number of aromatic nitrogens is 3. The zero-order chi connectivity index (χ0) is 14.4. The first-order chi connectivity index (χ1) is 9.72. The van der Waals surface area contributed by atoms with E-state index in [1.807, 2.05) is 19.2 Å². The standard InChI is InChI=1S/C14H20N6/c1-3-4-12-18-13(7-14(19-12)20-15)17-9-11-5-6-16-8-10(11)2/h5-8H,3-4,9,15H2,1-2H3,(H2,17,18,19,20). The van der Waals surface area contributed by atoms with Crippen molar-refractivity contribution in [2.24, 2.45) is 5.84 Å². The van der Waals surface area contributed by atoms with E-state index in [1.165, 1.54) is 5.56 Å². The fourth-order valence-electron chi connectivity index (χ4n) is 1.88. The number of pyridine rings is 1.